The average molecular weight is 396 g/mol. The standard InChI is InChI=1S/C19H23F3N4O2/c1-9(2)17(19-25-18(26-28-19)10-3-4-10)24-16(27)7-12(23)5-11-6-14(21)15(22)8-13(11)20/h6,8-10,12,17H,3-5,7,23H2,1-2H3,(H,24,27)/t12-,17+/m0/s1. The van der Waals surface area contributed by atoms with E-state index in [0.29, 0.717) is 23.7 Å². The minimum Gasteiger partial charge on any atom is -0.344 e. The molecule has 1 aliphatic carbocycles. The van der Waals surface area contributed by atoms with Gasteiger partial charge in [-0.2, -0.15) is 4.98 Å². The lowest BCUT2D eigenvalue weighted by atomic mass is 10.0. The number of benzene rings is 1. The van der Waals surface area contributed by atoms with Gasteiger partial charge in [0.05, 0.1) is 0 Å². The predicted octanol–water partition coefficient (Wildman–Crippen LogP) is 3.14. The molecule has 0 radical (unpaired) electrons. The topological polar surface area (TPSA) is 94.0 Å². The third kappa shape index (κ3) is 4.89. The monoisotopic (exact) mass is 396 g/mol. The second-order valence-corrected chi connectivity index (χ2v) is 7.58. The van der Waals surface area contributed by atoms with Crippen LogP contribution in [0.1, 0.15) is 62.3 Å². The SMILES string of the molecule is CC(C)[C@@H](NC(=O)C[C@@H](N)Cc1cc(F)c(F)cc1F)c1nc(C2CC2)no1. The van der Waals surface area contributed by atoms with Crippen LogP contribution in [-0.4, -0.2) is 22.1 Å². The summed E-state index contributed by atoms with van der Waals surface area (Å²) in [5.41, 5.74) is 5.83. The average Bonchev–Trinajstić information content (AvgIpc) is 3.35. The molecular formula is C19H23F3N4O2. The number of halogens is 3. The second-order valence-electron chi connectivity index (χ2n) is 7.58. The smallest absolute Gasteiger partial charge is 0.249 e. The van der Waals surface area contributed by atoms with Gasteiger partial charge in [0.25, 0.3) is 0 Å². The Morgan fingerprint density at radius 1 is 1.25 bits per heavy atom. The largest absolute Gasteiger partial charge is 0.344 e. The van der Waals surface area contributed by atoms with Crippen molar-refractivity contribution in [3.05, 3.63) is 46.9 Å². The fourth-order valence-electron chi connectivity index (χ4n) is 2.94. The summed E-state index contributed by atoms with van der Waals surface area (Å²) in [5, 5.41) is 6.77. The minimum atomic E-state index is -1.27. The first kappa shape index (κ1) is 20.3. The van der Waals surface area contributed by atoms with E-state index in [1.807, 2.05) is 13.8 Å². The maximum Gasteiger partial charge on any atom is 0.249 e. The number of nitrogens with one attached hydrogen (secondary N) is 1. The molecule has 1 amide bonds. The van der Waals surface area contributed by atoms with Gasteiger partial charge in [0, 0.05) is 24.4 Å². The van der Waals surface area contributed by atoms with Gasteiger partial charge in [-0.3, -0.25) is 4.79 Å². The van der Waals surface area contributed by atoms with Crippen LogP contribution in [0.5, 0.6) is 0 Å². The van der Waals surface area contributed by atoms with Gasteiger partial charge in [-0.05, 0) is 36.8 Å². The van der Waals surface area contributed by atoms with Crippen LogP contribution >= 0.6 is 0 Å². The first-order valence-corrected chi connectivity index (χ1v) is 9.26. The highest BCUT2D eigenvalue weighted by Crippen LogP contribution is 2.38. The molecule has 0 aliphatic heterocycles. The van der Waals surface area contributed by atoms with E-state index < -0.39 is 29.5 Å². The molecule has 0 saturated heterocycles. The van der Waals surface area contributed by atoms with Crippen molar-refractivity contribution in [3.63, 3.8) is 0 Å². The Labute approximate surface area is 160 Å². The van der Waals surface area contributed by atoms with Crippen LogP contribution in [0.2, 0.25) is 0 Å². The highest BCUT2D eigenvalue weighted by atomic mass is 19.2. The Kier molecular flexibility index (Phi) is 6.02. The number of carbonyl (C=O) groups excluding carboxylic acids is 1. The van der Waals surface area contributed by atoms with Gasteiger partial charge < -0.3 is 15.6 Å². The summed E-state index contributed by atoms with van der Waals surface area (Å²) in [5.74, 6) is -2.37. The van der Waals surface area contributed by atoms with Gasteiger partial charge in [-0.25, -0.2) is 13.2 Å². The van der Waals surface area contributed by atoms with Crippen molar-refractivity contribution in [1.82, 2.24) is 15.5 Å². The minimum absolute atomic E-state index is 0.00341. The number of aromatic nitrogens is 2. The zero-order chi connectivity index (χ0) is 20.4. The zero-order valence-corrected chi connectivity index (χ0v) is 15.7. The summed E-state index contributed by atoms with van der Waals surface area (Å²) in [6.45, 7) is 3.81. The van der Waals surface area contributed by atoms with Gasteiger partial charge in [0.2, 0.25) is 11.8 Å². The summed E-state index contributed by atoms with van der Waals surface area (Å²) in [7, 11) is 0. The number of hydrogen-bond donors (Lipinski definition) is 2. The lowest BCUT2D eigenvalue weighted by Crippen LogP contribution is -2.37. The molecule has 1 aliphatic rings. The Bertz CT molecular complexity index is 852. The van der Waals surface area contributed by atoms with Crippen molar-refractivity contribution in [2.75, 3.05) is 0 Å². The van der Waals surface area contributed by atoms with Crippen molar-refractivity contribution in [2.45, 2.75) is 57.5 Å². The van der Waals surface area contributed by atoms with Crippen LogP contribution in [0.15, 0.2) is 16.7 Å². The summed E-state index contributed by atoms with van der Waals surface area (Å²) >= 11 is 0. The molecule has 0 unspecified atom stereocenters. The van der Waals surface area contributed by atoms with E-state index in [-0.39, 0.29) is 30.2 Å². The molecule has 2 aromatic rings. The molecule has 9 heteroatoms. The van der Waals surface area contributed by atoms with E-state index in [0.717, 1.165) is 18.9 Å². The number of amides is 1. The van der Waals surface area contributed by atoms with Crippen LogP contribution in [0.4, 0.5) is 13.2 Å². The van der Waals surface area contributed by atoms with E-state index in [2.05, 4.69) is 15.5 Å². The third-order valence-electron chi connectivity index (χ3n) is 4.67. The zero-order valence-electron chi connectivity index (χ0n) is 15.7. The summed E-state index contributed by atoms with van der Waals surface area (Å²) < 4.78 is 45.4. The maximum atomic E-state index is 13.7. The lowest BCUT2D eigenvalue weighted by molar-refractivity contribution is -0.122. The molecule has 0 bridgehead atoms. The summed E-state index contributed by atoms with van der Waals surface area (Å²) in [6, 6.07) is -0.00665. The van der Waals surface area contributed by atoms with E-state index in [1.165, 1.54) is 0 Å². The molecule has 3 rings (SSSR count). The molecule has 152 valence electrons. The number of carbonyl (C=O) groups is 1. The molecule has 0 spiro atoms. The first-order chi connectivity index (χ1) is 13.2. The third-order valence-corrected chi connectivity index (χ3v) is 4.67. The van der Waals surface area contributed by atoms with Gasteiger partial charge >= 0.3 is 0 Å². The molecule has 1 saturated carbocycles. The first-order valence-electron chi connectivity index (χ1n) is 9.26. The van der Waals surface area contributed by atoms with Crippen molar-refractivity contribution in [3.8, 4) is 0 Å². The number of nitrogens with zero attached hydrogens (tertiary/aromatic N) is 2. The summed E-state index contributed by atoms with van der Waals surface area (Å²) in [4.78, 5) is 16.8. The summed E-state index contributed by atoms with van der Waals surface area (Å²) in [6.07, 6.45) is 1.85. The molecule has 1 aromatic heterocycles. The van der Waals surface area contributed by atoms with Crippen LogP contribution < -0.4 is 11.1 Å². The van der Waals surface area contributed by atoms with Crippen LogP contribution in [0, 0.1) is 23.4 Å². The molecule has 1 heterocycles. The molecule has 6 nitrogen and oxygen atoms in total. The normalized spacial score (nSPS) is 16.2. The van der Waals surface area contributed by atoms with Crippen LogP contribution in [-0.2, 0) is 11.2 Å². The fraction of sp³-hybridized carbons (Fsp3) is 0.526. The molecule has 1 fully saturated rings. The number of nitrogens with two attached hydrogens (primary N) is 1. The van der Waals surface area contributed by atoms with Gasteiger partial charge in [0.1, 0.15) is 11.9 Å². The molecule has 2 atom stereocenters. The van der Waals surface area contributed by atoms with Crippen molar-refractivity contribution < 1.29 is 22.5 Å². The quantitative estimate of drug-likeness (QED) is 0.669. The van der Waals surface area contributed by atoms with E-state index in [9.17, 15) is 18.0 Å². The van der Waals surface area contributed by atoms with Gasteiger partial charge in [-0.15, -0.1) is 0 Å². The van der Waals surface area contributed by atoms with E-state index >= 15 is 0 Å². The maximum absolute atomic E-state index is 13.7. The van der Waals surface area contributed by atoms with Crippen molar-refractivity contribution >= 4 is 5.91 Å². The lowest BCUT2D eigenvalue weighted by Gasteiger charge is -2.20. The Balaban J connectivity index is 1.60. The highest BCUT2D eigenvalue weighted by Gasteiger charge is 2.31. The number of hydrogen-bond acceptors (Lipinski definition) is 5. The van der Waals surface area contributed by atoms with Crippen molar-refractivity contribution in [1.29, 1.82) is 0 Å². The fourth-order valence-corrected chi connectivity index (χ4v) is 2.94. The Morgan fingerprint density at radius 2 is 1.93 bits per heavy atom. The Morgan fingerprint density at radius 3 is 2.57 bits per heavy atom. The second kappa shape index (κ2) is 8.30. The highest BCUT2D eigenvalue weighted by molar-refractivity contribution is 5.77. The number of rotatable bonds is 8. The van der Waals surface area contributed by atoms with Crippen molar-refractivity contribution in [2.24, 2.45) is 11.7 Å². The van der Waals surface area contributed by atoms with E-state index in [4.69, 9.17) is 10.3 Å². The molecule has 1 aromatic carbocycles. The molecule has 3 N–H and O–H groups in total. The van der Waals surface area contributed by atoms with Crippen LogP contribution in [0.3, 0.4) is 0 Å². The van der Waals surface area contributed by atoms with E-state index in [1.54, 1.807) is 0 Å². The Hall–Kier alpha value is -2.42. The van der Waals surface area contributed by atoms with Gasteiger partial charge in [0.15, 0.2) is 17.5 Å². The van der Waals surface area contributed by atoms with Crippen LogP contribution in [0.25, 0.3) is 0 Å². The molecule has 28 heavy (non-hydrogen) atoms. The predicted molar refractivity (Wildman–Crippen MR) is 94.6 cm³/mol. The molecular weight excluding hydrogens is 373 g/mol. The van der Waals surface area contributed by atoms with Gasteiger partial charge in [-0.1, -0.05) is 19.0 Å².